The van der Waals surface area contributed by atoms with Gasteiger partial charge in [0, 0.05) is 32.4 Å². The first kappa shape index (κ1) is 22.0. The number of aromatic nitrogens is 1. The van der Waals surface area contributed by atoms with Gasteiger partial charge in [0.15, 0.2) is 5.96 Å². The van der Waals surface area contributed by atoms with Crippen LogP contribution in [0.3, 0.4) is 0 Å². The Labute approximate surface area is 178 Å². The molecule has 162 valence electrons. The number of benzene rings is 1. The number of aryl methyl sites for hydroxylation is 1. The molecule has 0 spiro atoms. The zero-order chi connectivity index (χ0) is 21.3. The van der Waals surface area contributed by atoms with Crippen LogP contribution in [0.25, 0.3) is 0 Å². The summed E-state index contributed by atoms with van der Waals surface area (Å²) < 4.78 is 18.9. The minimum atomic E-state index is -0.192. The maximum absolute atomic E-state index is 13.3. The fourth-order valence-electron chi connectivity index (χ4n) is 3.53. The molecule has 1 aromatic heterocycles. The number of rotatable bonds is 7. The average molecular weight is 414 g/mol. The van der Waals surface area contributed by atoms with Crippen LogP contribution in [-0.2, 0) is 17.7 Å². The van der Waals surface area contributed by atoms with E-state index in [9.17, 15) is 4.39 Å². The molecule has 0 bridgehead atoms. The van der Waals surface area contributed by atoms with Crippen molar-refractivity contribution in [2.45, 2.75) is 39.8 Å². The van der Waals surface area contributed by atoms with Crippen LogP contribution >= 0.6 is 0 Å². The van der Waals surface area contributed by atoms with Gasteiger partial charge in [-0.05, 0) is 68.1 Å². The fraction of sp³-hybridized carbons (Fsp3) is 0.478. The summed E-state index contributed by atoms with van der Waals surface area (Å²) in [4.78, 5) is 11.5. The topological polar surface area (TPSA) is 61.8 Å². The van der Waals surface area contributed by atoms with Crippen LogP contribution in [0.15, 0.2) is 41.5 Å². The van der Waals surface area contributed by atoms with Crippen LogP contribution in [0.2, 0.25) is 0 Å². The van der Waals surface area contributed by atoms with Crippen molar-refractivity contribution in [3.05, 3.63) is 59.0 Å². The first-order chi connectivity index (χ1) is 14.5. The van der Waals surface area contributed by atoms with Crippen molar-refractivity contribution < 1.29 is 9.13 Å². The molecule has 0 amide bonds. The Hall–Kier alpha value is -2.67. The van der Waals surface area contributed by atoms with E-state index >= 15 is 0 Å². The summed E-state index contributed by atoms with van der Waals surface area (Å²) in [6.45, 7) is 10.6. The third kappa shape index (κ3) is 6.42. The Bertz CT molecular complexity index is 857. The van der Waals surface area contributed by atoms with Crippen LogP contribution in [0.1, 0.15) is 30.5 Å². The zero-order valence-corrected chi connectivity index (χ0v) is 18.1. The number of guanidine groups is 1. The van der Waals surface area contributed by atoms with Crippen LogP contribution in [0, 0.1) is 12.7 Å². The highest BCUT2D eigenvalue weighted by Gasteiger charge is 2.18. The third-order valence-electron chi connectivity index (χ3n) is 5.13. The van der Waals surface area contributed by atoms with Gasteiger partial charge in [0.1, 0.15) is 11.6 Å². The maximum atomic E-state index is 13.3. The second kappa shape index (κ2) is 10.9. The molecule has 7 heteroatoms. The smallest absolute Gasteiger partial charge is 0.191 e. The normalized spacial score (nSPS) is 17.1. The molecule has 1 atom stereocenters. The first-order valence-electron chi connectivity index (χ1n) is 10.6. The van der Waals surface area contributed by atoms with Gasteiger partial charge in [0.2, 0.25) is 0 Å². The zero-order valence-electron chi connectivity index (χ0n) is 18.1. The molecular formula is C23H32FN5O. The molecule has 2 N–H and O–H groups in total. The van der Waals surface area contributed by atoms with Crippen molar-refractivity contribution in [2.75, 3.05) is 37.7 Å². The Morgan fingerprint density at radius 1 is 1.30 bits per heavy atom. The molecule has 1 saturated heterocycles. The van der Waals surface area contributed by atoms with Gasteiger partial charge < -0.3 is 20.3 Å². The lowest BCUT2D eigenvalue weighted by Gasteiger charge is -2.32. The summed E-state index contributed by atoms with van der Waals surface area (Å²) in [5, 5.41) is 6.65. The summed E-state index contributed by atoms with van der Waals surface area (Å²) in [5.74, 6) is 1.56. The summed E-state index contributed by atoms with van der Waals surface area (Å²) in [6.07, 6.45) is 2.87. The molecule has 0 radical (unpaired) electrons. The van der Waals surface area contributed by atoms with E-state index in [0.29, 0.717) is 6.54 Å². The van der Waals surface area contributed by atoms with Crippen LogP contribution in [-0.4, -0.2) is 49.8 Å². The van der Waals surface area contributed by atoms with Crippen LogP contribution < -0.4 is 15.5 Å². The number of nitrogens with one attached hydrogen (secondary N) is 2. The average Bonchev–Trinajstić information content (AvgIpc) is 2.74. The Morgan fingerprint density at radius 3 is 2.93 bits per heavy atom. The van der Waals surface area contributed by atoms with Crippen molar-refractivity contribution in [1.29, 1.82) is 0 Å². The molecule has 0 saturated carbocycles. The number of anilines is 1. The van der Waals surface area contributed by atoms with Crippen molar-refractivity contribution >= 4 is 11.8 Å². The molecule has 1 fully saturated rings. The molecule has 2 heterocycles. The second-order valence-electron chi connectivity index (χ2n) is 7.59. The summed E-state index contributed by atoms with van der Waals surface area (Å²) in [5.41, 5.74) is 3.23. The van der Waals surface area contributed by atoms with Crippen molar-refractivity contribution in [1.82, 2.24) is 15.6 Å². The lowest BCUT2D eigenvalue weighted by atomic mass is 10.1. The van der Waals surface area contributed by atoms with Gasteiger partial charge in [0.05, 0.1) is 19.3 Å². The van der Waals surface area contributed by atoms with Gasteiger partial charge in [-0.15, -0.1) is 0 Å². The summed E-state index contributed by atoms with van der Waals surface area (Å²) >= 11 is 0. The maximum Gasteiger partial charge on any atom is 0.191 e. The molecule has 1 aromatic carbocycles. The Morgan fingerprint density at radius 2 is 2.17 bits per heavy atom. The van der Waals surface area contributed by atoms with Crippen molar-refractivity contribution in [3.8, 4) is 0 Å². The van der Waals surface area contributed by atoms with E-state index in [1.165, 1.54) is 6.07 Å². The molecule has 6 nitrogen and oxygen atoms in total. The predicted octanol–water partition coefficient (Wildman–Crippen LogP) is 3.05. The number of hydrogen-bond acceptors (Lipinski definition) is 4. The standard InChI is InChI=1S/C23H32FN5O/c1-4-25-23(27-10-8-20-5-6-21(24)13-17(20)2)28-15-19-7-9-26-22(14-19)29-11-12-30-18(3)16-29/h5-7,9,13-14,18H,4,8,10-12,15-16H2,1-3H3,(H2,25,27,28). The minimum absolute atomic E-state index is 0.192. The Kier molecular flexibility index (Phi) is 8.02. The van der Waals surface area contributed by atoms with E-state index in [4.69, 9.17) is 9.73 Å². The fourth-order valence-corrected chi connectivity index (χ4v) is 3.53. The highest BCUT2D eigenvalue weighted by atomic mass is 19.1. The van der Waals surface area contributed by atoms with Gasteiger partial charge in [-0.1, -0.05) is 6.07 Å². The Balaban J connectivity index is 1.58. The van der Waals surface area contributed by atoms with Crippen LogP contribution in [0.4, 0.5) is 10.2 Å². The lowest BCUT2D eigenvalue weighted by molar-refractivity contribution is 0.0529. The largest absolute Gasteiger partial charge is 0.375 e. The van der Waals surface area contributed by atoms with Gasteiger partial charge in [-0.2, -0.15) is 0 Å². The summed E-state index contributed by atoms with van der Waals surface area (Å²) in [6, 6.07) is 9.04. The number of morpholine rings is 1. The highest BCUT2D eigenvalue weighted by Crippen LogP contribution is 2.17. The first-order valence-corrected chi connectivity index (χ1v) is 10.6. The highest BCUT2D eigenvalue weighted by molar-refractivity contribution is 5.79. The van der Waals surface area contributed by atoms with E-state index in [1.807, 2.05) is 32.2 Å². The summed E-state index contributed by atoms with van der Waals surface area (Å²) in [7, 11) is 0. The number of aliphatic imine (C=N–C) groups is 1. The molecule has 1 aliphatic rings. The monoisotopic (exact) mass is 413 g/mol. The van der Waals surface area contributed by atoms with Gasteiger partial charge in [0.25, 0.3) is 0 Å². The second-order valence-corrected chi connectivity index (χ2v) is 7.59. The van der Waals surface area contributed by atoms with Gasteiger partial charge in [-0.25, -0.2) is 14.4 Å². The van der Waals surface area contributed by atoms with E-state index in [0.717, 1.165) is 67.7 Å². The molecule has 3 rings (SSSR count). The molecule has 2 aromatic rings. The lowest BCUT2D eigenvalue weighted by Crippen LogP contribution is -2.41. The number of ether oxygens (including phenoxy) is 1. The van der Waals surface area contributed by atoms with Crippen molar-refractivity contribution in [3.63, 3.8) is 0 Å². The van der Waals surface area contributed by atoms with E-state index < -0.39 is 0 Å². The molecule has 30 heavy (non-hydrogen) atoms. The van der Waals surface area contributed by atoms with E-state index in [2.05, 4.69) is 33.5 Å². The molecular weight excluding hydrogens is 381 g/mol. The SMILES string of the molecule is CCNC(=NCc1ccnc(N2CCOC(C)C2)c1)NCCc1ccc(F)cc1C. The number of halogens is 1. The molecule has 0 aliphatic carbocycles. The molecule has 1 unspecified atom stereocenters. The minimum Gasteiger partial charge on any atom is -0.375 e. The van der Waals surface area contributed by atoms with E-state index in [1.54, 1.807) is 6.07 Å². The third-order valence-corrected chi connectivity index (χ3v) is 5.13. The molecule has 1 aliphatic heterocycles. The van der Waals surface area contributed by atoms with Gasteiger partial charge in [-0.3, -0.25) is 0 Å². The van der Waals surface area contributed by atoms with Crippen LogP contribution in [0.5, 0.6) is 0 Å². The number of pyridine rings is 1. The van der Waals surface area contributed by atoms with Crippen molar-refractivity contribution in [2.24, 2.45) is 4.99 Å². The van der Waals surface area contributed by atoms with E-state index in [-0.39, 0.29) is 11.9 Å². The predicted molar refractivity (Wildman–Crippen MR) is 120 cm³/mol. The number of hydrogen-bond donors (Lipinski definition) is 2. The number of nitrogens with zero attached hydrogens (tertiary/aromatic N) is 3. The van der Waals surface area contributed by atoms with Gasteiger partial charge >= 0.3 is 0 Å². The quantitative estimate of drug-likeness (QED) is 0.540.